The van der Waals surface area contributed by atoms with E-state index in [0.717, 1.165) is 26.2 Å². The fraction of sp³-hybridized carbons (Fsp3) is 0.909. The molecule has 0 bridgehead atoms. The van der Waals surface area contributed by atoms with Crippen LogP contribution in [0.5, 0.6) is 0 Å². The Hall–Kier alpha value is -0.410. The summed E-state index contributed by atoms with van der Waals surface area (Å²) in [4.78, 5) is 12.4. The van der Waals surface area contributed by atoms with E-state index in [0.29, 0.717) is 15.0 Å². The topological polar surface area (TPSA) is 17.1 Å². The fourth-order valence-electron chi connectivity index (χ4n) is 3.03. The van der Waals surface area contributed by atoms with Gasteiger partial charge in [0, 0.05) is 25.7 Å². The summed E-state index contributed by atoms with van der Waals surface area (Å²) in [5, 5.41) is 0. The maximum Gasteiger partial charge on any atom is 0.513 e. The third-order valence-corrected chi connectivity index (χ3v) is 4.03. The highest BCUT2D eigenvalue weighted by Crippen LogP contribution is 2.26. The molecule has 2 aliphatic rings. The minimum Gasteiger partial charge on any atom is -0.209 e. The lowest BCUT2D eigenvalue weighted by Gasteiger charge is -2.33. The molecule has 14 heavy (non-hydrogen) atoms. The highest BCUT2D eigenvalue weighted by Gasteiger charge is 2.50. The first-order chi connectivity index (χ1) is 6.57. The number of nitrogens with zero attached hydrogens (tertiary/aromatic N) is 2. The largest absolute Gasteiger partial charge is 0.513 e. The molecule has 2 saturated heterocycles. The smallest absolute Gasteiger partial charge is 0.209 e. The summed E-state index contributed by atoms with van der Waals surface area (Å²) in [6.07, 6.45) is 4.90. The normalized spacial score (nSPS) is 29.3. The van der Waals surface area contributed by atoms with Gasteiger partial charge < -0.3 is 0 Å². The van der Waals surface area contributed by atoms with Gasteiger partial charge in [0.1, 0.15) is 0 Å². The zero-order chi connectivity index (χ0) is 10.2. The van der Waals surface area contributed by atoms with E-state index in [-0.39, 0.29) is 0 Å². The van der Waals surface area contributed by atoms with E-state index in [1.54, 1.807) is 0 Å². The van der Waals surface area contributed by atoms with Crippen LogP contribution in [0, 0.1) is 0 Å². The van der Waals surface area contributed by atoms with Crippen molar-refractivity contribution >= 4 is 6.03 Å². The minimum absolute atomic E-state index is 0.458. The Morgan fingerprint density at radius 2 is 1.07 bits per heavy atom. The maximum atomic E-state index is 12.4. The van der Waals surface area contributed by atoms with Gasteiger partial charge in [0.15, 0.2) is 0 Å². The summed E-state index contributed by atoms with van der Waals surface area (Å²) in [5.74, 6) is 0. The highest BCUT2D eigenvalue weighted by molar-refractivity contribution is 5.59. The van der Waals surface area contributed by atoms with Gasteiger partial charge in [-0.3, -0.25) is 0 Å². The number of quaternary nitrogens is 2. The van der Waals surface area contributed by atoms with Gasteiger partial charge in [0.25, 0.3) is 0 Å². The van der Waals surface area contributed by atoms with Crippen LogP contribution in [-0.2, 0) is 0 Å². The Morgan fingerprint density at radius 1 is 0.786 bits per heavy atom. The maximum absolute atomic E-state index is 12.4. The van der Waals surface area contributed by atoms with E-state index in [4.69, 9.17) is 0 Å². The molecule has 0 radical (unpaired) electrons. The average Bonchev–Trinajstić information content (AvgIpc) is 2.75. The van der Waals surface area contributed by atoms with Gasteiger partial charge in [0.2, 0.25) is 0 Å². The van der Waals surface area contributed by atoms with Crippen molar-refractivity contribution in [3.8, 4) is 0 Å². The Morgan fingerprint density at radius 3 is 1.36 bits per heavy atom. The molecule has 0 aromatic heterocycles. The quantitative estimate of drug-likeness (QED) is 0.540. The molecule has 2 rings (SSSR count). The van der Waals surface area contributed by atoms with Gasteiger partial charge in [-0.15, -0.1) is 0 Å². The monoisotopic (exact) mass is 198 g/mol. The number of rotatable bonds is 0. The second kappa shape index (κ2) is 3.31. The Balaban J connectivity index is 2.13. The lowest BCUT2D eigenvalue weighted by molar-refractivity contribution is -0.944. The van der Waals surface area contributed by atoms with E-state index in [9.17, 15) is 4.79 Å². The summed E-state index contributed by atoms with van der Waals surface area (Å²) < 4.78 is 1.38. The van der Waals surface area contributed by atoms with E-state index in [1.165, 1.54) is 25.7 Å². The van der Waals surface area contributed by atoms with Crippen molar-refractivity contribution in [2.75, 3.05) is 40.3 Å². The third-order valence-electron chi connectivity index (χ3n) is 4.03. The highest BCUT2D eigenvalue weighted by atomic mass is 16.2. The van der Waals surface area contributed by atoms with Crippen LogP contribution in [0.2, 0.25) is 0 Å². The van der Waals surface area contributed by atoms with Crippen LogP contribution in [-0.4, -0.2) is 55.3 Å². The fourth-order valence-corrected chi connectivity index (χ4v) is 3.03. The molecule has 0 aromatic carbocycles. The Labute approximate surface area is 86.5 Å². The van der Waals surface area contributed by atoms with Crippen LogP contribution in [0.25, 0.3) is 0 Å². The van der Waals surface area contributed by atoms with E-state index < -0.39 is 0 Å². The summed E-state index contributed by atoms with van der Waals surface area (Å²) in [7, 11) is 4.24. The van der Waals surface area contributed by atoms with Gasteiger partial charge in [-0.2, -0.15) is 4.79 Å². The summed E-state index contributed by atoms with van der Waals surface area (Å²) in [6, 6.07) is 0.458. The van der Waals surface area contributed by atoms with E-state index in [1.807, 2.05) is 0 Å². The van der Waals surface area contributed by atoms with Crippen molar-refractivity contribution in [1.82, 2.24) is 0 Å². The van der Waals surface area contributed by atoms with Crippen molar-refractivity contribution in [3.05, 3.63) is 0 Å². The standard InChI is InChI=1S/C11H22N2O/c1-12(7-3-4-8-12)11(14)13(2)9-5-6-10-13/h3-10H2,1-2H3/q+2. The molecule has 3 nitrogen and oxygen atoms in total. The molecule has 0 atom stereocenters. The second-order valence-corrected chi connectivity index (χ2v) is 5.38. The molecule has 80 valence electrons. The van der Waals surface area contributed by atoms with Gasteiger partial charge in [0.05, 0.1) is 40.3 Å². The lowest BCUT2D eigenvalue weighted by Crippen LogP contribution is -2.61. The van der Waals surface area contributed by atoms with Crippen LogP contribution in [0.15, 0.2) is 0 Å². The number of carbonyl (C=O) groups excluding carboxylic acids is 1. The molecule has 2 amide bonds. The number of hydrogen-bond acceptors (Lipinski definition) is 1. The van der Waals surface area contributed by atoms with Crippen molar-refractivity contribution in [2.24, 2.45) is 0 Å². The van der Waals surface area contributed by atoms with Gasteiger partial charge in [-0.25, -0.2) is 8.97 Å². The van der Waals surface area contributed by atoms with E-state index in [2.05, 4.69) is 14.1 Å². The summed E-state index contributed by atoms with van der Waals surface area (Å²) >= 11 is 0. The lowest BCUT2D eigenvalue weighted by atomic mass is 10.4. The Bertz CT molecular complexity index is 214. The molecule has 0 unspecified atom stereocenters. The van der Waals surface area contributed by atoms with Crippen LogP contribution < -0.4 is 0 Å². The second-order valence-electron chi connectivity index (χ2n) is 5.38. The van der Waals surface area contributed by atoms with Crippen molar-refractivity contribution < 1.29 is 13.8 Å². The SMILES string of the molecule is C[N+]1(C(=O)[N+]2(C)CCCC2)CCCC1. The molecular weight excluding hydrogens is 176 g/mol. The van der Waals surface area contributed by atoms with Crippen molar-refractivity contribution in [2.45, 2.75) is 25.7 Å². The number of likely N-dealkylation sites (tertiary alicyclic amines) is 2. The molecule has 0 aliphatic carbocycles. The van der Waals surface area contributed by atoms with Gasteiger partial charge in [-0.05, 0) is 0 Å². The first-order valence-corrected chi connectivity index (χ1v) is 5.81. The number of amides is 2. The molecule has 2 fully saturated rings. The van der Waals surface area contributed by atoms with Crippen LogP contribution in [0.1, 0.15) is 25.7 Å². The third kappa shape index (κ3) is 1.48. The van der Waals surface area contributed by atoms with Gasteiger partial charge in [-0.1, -0.05) is 0 Å². The average molecular weight is 198 g/mol. The molecule has 0 aromatic rings. The van der Waals surface area contributed by atoms with E-state index >= 15 is 0 Å². The zero-order valence-corrected chi connectivity index (χ0v) is 9.46. The molecule has 0 saturated carbocycles. The first kappa shape index (κ1) is 10.1. The summed E-state index contributed by atoms with van der Waals surface area (Å²) in [5.41, 5.74) is 0. The number of urea groups is 1. The minimum atomic E-state index is 0.458. The predicted molar refractivity (Wildman–Crippen MR) is 55.7 cm³/mol. The molecule has 2 aliphatic heterocycles. The predicted octanol–water partition coefficient (Wildman–Crippen LogP) is 1.59. The molecule has 3 heteroatoms. The first-order valence-electron chi connectivity index (χ1n) is 5.81. The molecular formula is C11H22N2O+2. The Kier molecular flexibility index (Phi) is 2.40. The molecule has 0 N–H and O–H groups in total. The van der Waals surface area contributed by atoms with Crippen LogP contribution in [0.3, 0.4) is 0 Å². The van der Waals surface area contributed by atoms with Crippen LogP contribution in [0.4, 0.5) is 4.79 Å². The van der Waals surface area contributed by atoms with Crippen molar-refractivity contribution in [1.29, 1.82) is 0 Å². The summed E-state index contributed by atoms with van der Waals surface area (Å²) in [6.45, 7) is 4.25. The van der Waals surface area contributed by atoms with Crippen LogP contribution >= 0.6 is 0 Å². The van der Waals surface area contributed by atoms with Crippen molar-refractivity contribution in [3.63, 3.8) is 0 Å². The molecule has 0 spiro atoms. The zero-order valence-electron chi connectivity index (χ0n) is 9.46. The molecule has 2 heterocycles. The van der Waals surface area contributed by atoms with Gasteiger partial charge >= 0.3 is 6.03 Å². The number of hydrogen-bond donors (Lipinski definition) is 0. The number of carbonyl (C=O) groups is 1.